The second-order valence-corrected chi connectivity index (χ2v) is 5.31. The highest BCUT2D eigenvalue weighted by Crippen LogP contribution is 2.33. The lowest BCUT2D eigenvalue weighted by Crippen LogP contribution is -2.26. The summed E-state index contributed by atoms with van der Waals surface area (Å²) in [4.78, 5) is 12.0. The molecule has 0 amide bonds. The Morgan fingerprint density at radius 2 is 2.28 bits per heavy atom. The summed E-state index contributed by atoms with van der Waals surface area (Å²) in [5.41, 5.74) is 6.79. The second-order valence-electron chi connectivity index (χ2n) is 4.88. The van der Waals surface area contributed by atoms with E-state index in [-0.39, 0.29) is 11.8 Å². The van der Waals surface area contributed by atoms with Gasteiger partial charge in [-0.15, -0.1) is 0 Å². The van der Waals surface area contributed by atoms with Gasteiger partial charge in [0.1, 0.15) is 11.5 Å². The van der Waals surface area contributed by atoms with Gasteiger partial charge in [0.25, 0.3) is 0 Å². The minimum Gasteiger partial charge on any atom is -0.496 e. The van der Waals surface area contributed by atoms with Gasteiger partial charge in [-0.2, -0.15) is 0 Å². The van der Waals surface area contributed by atoms with E-state index in [2.05, 4.69) is 0 Å². The number of nitrogens with two attached hydrogens (primary N) is 1. The molecular weight excluding hydrogens is 250 g/mol. The Kier molecular flexibility index (Phi) is 4.25. The van der Waals surface area contributed by atoms with Gasteiger partial charge in [-0.25, -0.2) is 0 Å². The highest BCUT2D eigenvalue weighted by Gasteiger charge is 2.29. The van der Waals surface area contributed by atoms with Crippen molar-refractivity contribution in [2.75, 3.05) is 7.11 Å². The quantitative estimate of drug-likeness (QED) is 0.862. The van der Waals surface area contributed by atoms with Gasteiger partial charge < -0.3 is 10.5 Å². The minimum atomic E-state index is 0.0164. The molecule has 2 rings (SSSR count). The topological polar surface area (TPSA) is 52.3 Å². The van der Waals surface area contributed by atoms with Crippen molar-refractivity contribution in [3.63, 3.8) is 0 Å². The van der Waals surface area contributed by atoms with Crippen LogP contribution in [-0.4, -0.2) is 18.9 Å². The molecule has 1 saturated carbocycles. The van der Waals surface area contributed by atoms with Crippen LogP contribution in [0.5, 0.6) is 5.75 Å². The van der Waals surface area contributed by atoms with Crippen LogP contribution in [-0.2, 0) is 11.2 Å². The van der Waals surface area contributed by atoms with Gasteiger partial charge in [-0.3, -0.25) is 4.79 Å². The molecular formula is C14H18ClNO2. The normalized spacial score (nSPS) is 16.4. The molecule has 0 aliphatic heterocycles. The smallest absolute Gasteiger partial charge is 0.138 e. The van der Waals surface area contributed by atoms with Crippen LogP contribution in [0.25, 0.3) is 0 Å². The highest BCUT2D eigenvalue weighted by molar-refractivity contribution is 6.30. The van der Waals surface area contributed by atoms with E-state index in [1.165, 1.54) is 0 Å². The molecule has 4 heteroatoms. The maximum Gasteiger partial charge on any atom is 0.138 e. The minimum absolute atomic E-state index is 0.0164. The van der Waals surface area contributed by atoms with E-state index in [1.807, 2.05) is 0 Å². The molecule has 0 aromatic heterocycles. The molecule has 98 valence electrons. The first kappa shape index (κ1) is 13.4. The van der Waals surface area contributed by atoms with Crippen LogP contribution in [0, 0.1) is 5.92 Å². The number of halogens is 1. The molecule has 0 radical (unpaired) electrons. The molecule has 18 heavy (non-hydrogen) atoms. The molecule has 0 bridgehead atoms. The SMILES string of the molecule is COc1ccc(Cl)cc1CC(=O)CC(N)C1CC1. The predicted octanol–water partition coefficient (Wildman–Crippen LogP) is 2.59. The summed E-state index contributed by atoms with van der Waals surface area (Å²) in [7, 11) is 1.59. The molecule has 1 fully saturated rings. The van der Waals surface area contributed by atoms with E-state index < -0.39 is 0 Å². The standard InChI is InChI=1S/C14H18ClNO2/c1-18-14-5-4-11(15)6-10(14)7-12(17)8-13(16)9-2-3-9/h4-6,9,13H,2-3,7-8,16H2,1H3. The van der Waals surface area contributed by atoms with Crippen molar-refractivity contribution in [3.05, 3.63) is 28.8 Å². The number of hydrogen-bond donors (Lipinski definition) is 1. The van der Waals surface area contributed by atoms with Crippen molar-refractivity contribution < 1.29 is 9.53 Å². The first-order valence-corrected chi connectivity index (χ1v) is 6.57. The molecule has 1 aromatic rings. The van der Waals surface area contributed by atoms with Crippen molar-refractivity contribution in [2.24, 2.45) is 11.7 Å². The fraction of sp³-hybridized carbons (Fsp3) is 0.500. The molecule has 3 nitrogen and oxygen atoms in total. The van der Waals surface area contributed by atoms with E-state index in [0.717, 1.165) is 18.4 Å². The third kappa shape index (κ3) is 3.47. The van der Waals surface area contributed by atoms with Gasteiger partial charge in [0.2, 0.25) is 0 Å². The first-order valence-electron chi connectivity index (χ1n) is 6.20. The number of methoxy groups -OCH3 is 1. The van der Waals surface area contributed by atoms with Gasteiger partial charge in [0, 0.05) is 29.5 Å². The van der Waals surface area contributed by atoms with Crippen molar-refractivity contribution in [2.45, 2.75) is 31.7 Å². The molecule has 1 unspecified atom stereocenters. The van der Waals surface area contributed by atoms with Crippen LogP contribution in [0.4, 0.5) is 0 Å². The zero-order valence-electron chi connectivity index (χ0n) is 10.5. The van der Waals surface area contributed by atoms with Crippen molar-refractivity contribution >= 4 is 17.4 Å². The molecule has 0 saturated heterocycles. The van der Waals surface area contributed by atoms with Gasteiger partial charge in [-0.1, -0.05) is 11.6 Å². The zero-order valence-corrected chi connectivity index (χ0v) is 11.2. The number of Topliss-reactive ketones (excluding diaryl/α,β-unsaturated/α-hetero) is 1. The third-order valence-electron chi connectivity index (χ3n) is 3.32. The maximum atomic E-state index is 12.0. The number of ether oxygens (including phenoxy) is 1. The molecule has 1 aromatic carbocycles. The van der Waals surface area contributed by atoms with E-state index in [4.69, 9.17) is 22.1 Å². The van der Waals surface area contributed by atoms with E-state index >= 15 is 0 Å². The van der Waals surface area contributed by atoms with Crippen molar-refractivity contribution in [3.8, 4) is 5.75 Å². The first-order chi connectivity index (χ1) is 8.60. The summed E-state index contributed by atoms with van der Waals surface area (Å²) >= 11 is 5.93. The number of carbonyl (C=O) groups excluding carboxylic acids is 1. The highest BCUT2D eigenvalue weighted by atomic mass is 35.5. The summed E-state index contributed by atoms with van der Waals surface area (Å²) in [6.45, 7) is 0. The monoisotopic (exact) mass is 267 g/mol. The van der Waals surface area contributed by atoms with Gasteiger partial charge in [0.05, 0.1) is 7.11 Å². The van der Waals surface area contributed by atoms with Crippen molar-refractivity contribution in [1.29, 1.82) is 0 Å². The molecule has 1 aliphatic carbocycles. The van der Waals surface area contributed by atoms with Crippen LogP contribution < -0.4 is 10.5 Å². The fourth-order valence-corrected chi connectivity index (χ4v) is 2.32. The molecule has 1 atom stereocenters. The largest absolute Gasteiger partial charge is 0.496 e. The van der Waals surface area contributed by atoms with Crippen molar-refractivity contribution in [1.82, 2.24) is 0 Å². The number of rotatable bonds is 6. The van der Waals surface area contributed by atoms with Gasteiger partial charge in [-0.05, 0) is 37.0 Å². The molecule has 0 spiro atoms. The van der Waals surface area contributed by atoms with Crippen LogP contribution in [0.2, 0.25) is 5.02 Å². The summed E-state index contributed by atoms with van der Waals surface area (Å²) in [6, 6.07) is 5.33. The lowest BCUT2D eigenvalue weighted by atomic mass is 10.0. The van der Waals surface area contributed by atoms with E-state index in [9.17, 15) is 4.79 Å². The summed E-state index contributed by atoms with van der Waals surface area (Å²) in [5, 5.41) is 0.616. The Bertz CT molecular complexity index is 443. The molecule has 1 aliphatic rings. The second kappa shape index (κ2) is 5.72. The Labute approximate surface area is 112 Å². The number of carbonyl (C=O) groups is 1. The Balaban J connectivity index is 1.98. The van der Waals surface area contributed by atoms with Crippen LogP contribution in [0.15, 0.2) is 18.2 Å². The Morgan fingerprint density at radius 3 is 2.89 bits per heavy atom. The maximum absolute atomic E-state index is 12.0. The van der Waals surface area contributed by atoms with Crippen LogP contribution >= 0.6 is 11.6 Å². The predicted molar refractivity (Wildman–Crippen MR) is 72.0 cm³/mol. The lowest BCUT2D eigenvalue weighted by molar-refractivity contribution is -0.118. The molecule has 0 heterocycles. The Hall–Kier alpha value is -1.06. The molecule has 2 N–H and O–H groups in total. The average molecular weight is 268 g/mol. The number of ketones is 1. The third-order valence-corrected chi connectivity index (χ3v) is 3.56. The van der Waals surface area contributed by atoms with E-state index in [1.54, 1.807) is 25.3 Å². The summed E-state index contributed by atoms with van der Waals surface area (Å²) < 4.78 is 5.22. The number of hydrogen-bond acceptors (Lipinski definition) is 3. The fourth-order valence-electron chi connectivity index (χ4n) is 2.12. The lowest BCUT2D eigenvalue weighted by Gasteiger charge is -2.11. The van der Waals surface area contributed by atoms with Crippen LogP contribution in [0.1, 0.15) is 24.8 Å². The van der Waals surface area contributed by atoms with Crippen LogP contribution in [0.3, 0.4) is 0 Å². The van der Waals surface area contributed by atoms with Gasteiger partial charge >= 0.3 is 0 Å². The summed E-state index contributed by atoms with van der Waals surface area (Å²) in [5.74, 6) is 1.40. The van der Waals surface area contributed by atoms with Gasteiger partial charge in [0.15, 0.2) is 0 Å². The zero-order chi connectivity index (χ0) is 13.1. The summed E-state index contributed by atoms with van der Waals surface area (Å²) in [6.07, 6.45) is 3.11. The Morgan fingerprint density at radius 1 is 1.56 bits per heavy atom. The average Bonchev–Trinajstić information content (AvgIpc) is 3.12. The van der Waals surface area contributed by atoms with E-state index in [0.29, 0.717) is 29.5 Å². The number of benzene rings is 1.